The molecule has 0 saturated heterocycles. The van der Waals surface area contributed by atoms with Crippen molar-refractivity contribution in [3.05, 3.63) is 102 Å². The molecule has 7 nitrogen and oxygen atoms in total. The Hall–Kier alpha value is -3.72. The van der Waals surface area contributed by atoms with Gasteiger partial charge in [-0.1, -0.05) is 60.7 Å². The van der Waals surface area contributed by atoms with Crippen molar-refractivity contribution < 1.29 is 22.4 Å². The summed E-state index contributed by atoms with van der Waals surface area (Å²) in [6, 6.07) is 23.3. The van der Waals surface area contributed by atoms with E-state index in [-0.39, 0.29) is 37.7 Å². The van der Waals surface area contributed by atoms with Crippen LogP contribution >= 0.6 is 0 Å². The molecule has 0 spiro atoms. The molecule has 0 bridgehead atoms. The van der Waals surface area contributed by atoms with Crippen LogP contribution in [0.25, 0.3) is 0 Å². The molecule has 1 N–H and O–H groups in total. The zero-order chi connectivity index (χ0) is 26.8. The Morgan fingerprint density at radius 3 is 2.00 bits per heavy atom. The summed E-state index contributed by atoms with van der Waals surface area (Å²) >= 11 is 0. The van der Waals surface area contributed by atoms with Crippen LogP contribution in [0.5, 0.6) is 0 Å². The summed E-state index contributed by atoms with van der Waals surface area (Å²) in [5.74, 6) is -1.01. The van der Waals surface area contributed by atoms with Crippen molar-refractivity contribution in [3.8, 4) is 0 Å². The van der Waals surface area contributed by atoms with E-state index >= 15 is 0 Å². The largest absolute Gasteiger partial charge is 0.357 e. The van der Waals surface area contributed by atoms with Gasteiger partial charge in [-0.3, -0.25) is 13.9 Å². The van der Waals surface area contributed by atoms with Gasteiger partial charge in [0.1, 0.15) is 11.9 Å². The van der Waals surface area contributed by atoms with E-state index in [9.17, 15) is 22.4 Å². The lowest BCUT2D eigenvalue weighted by atomic mass is 10.0. The van der Waals surface area contributed by atoms with Gasteiger partial charge in [0, 0.05) is 33.0 Å². The number of benzene rings is 3. The number of amides is 2. The van der Waals surface area contributed by atoms with E-state index in [2.05, 4.69) is 5.32 Å². The van der Waals surface area contributed by atoms with Crippen LogP contribution in [0.2, 0.25) is 0 Å². The summed E-state index contributed by atoms with van der Waals surface area (Å²) in [5.41, 5.74) is 2.12. The predicted octanol–water partition coefficient (Wildman–Crippen LogP) is 3.76. The topological polar surface area (TPSA) is 86.8 Å². The van der Waals surface area contributed by atoms with Crippen LogP contribution < -0.4 is 9.62 Å². The van der Waals surface area contributed by atoms with Crippen LogP contribution in [-0.4, -0.2) is 51.0 Å². The molecule has 0 heterocycles. The number of likely N-dealkylation sites (N-methyl/N-ethyl adjacent to an activating group) is 1. The average molecular weight is 526 g/mol. The lowest BCUT2D eigenvalue weighted by Crippen LogP contribution is -2.49. The minimum Gasteiger partial charge on any atom is -0.357 e. The van der Waals surface area contributed by atoms with Crippen molar-refractivity contribution in [2.75, 3.05) is 24.2 Å². The molecule has 9 heteroatoms. The molecule has 0 saturated carbocycles. The van der Waals surface area contributed by atoms with Crippen LogP contribution in [0.4, 0.5) is 10.1 Å². The second kappa shape index (κ2) is 13.0. The number of nitrogens with zero attached hydrogens (tertiary/aromatic N) is 2. The number of sulfonamides is 1. The maximum absolute atomic E-state index is 13.5. The molecule has 2 amide bonds. The van der Waals surface area contributed by atoms with Gasteiger partial charge in [0.2, 0.25) is 21.8 Å². The Labute approximate surface area is 218 Å². The van der Waals surface area contributed by atoms with Crippen LogP contribution in [-0.2, 0) is 32.6 Å². The van der Waals surface area contributed by atoms with E-state index in [1.807, 2.05) is 60.7 Å². The lowest BCUT2D eigenvalue weighted by Gasteiger charge is -2.31. The van der Waals surface area contributed by atoms with Gasteiger partial charge in [0.05, 0.1) is 11.9 Å². The summed E-state index contributed by atoms with van der Waals surface area (Å²) in [4.78, 5) is 28.1. The number of halogens is 1. The fourth-order valence-electron chi connectivity index (χ4n) is 4.11. The maximum Gasteiger partial charge on any atom is 0.242 e. The molecule has 0 radical (unpaired) electrons. The van der Waals surface area contributed by atoms with Crippen molar-refractivity contribution in [2.24, 2.45) is 0 Å². The van der Waals surface area contributed by atoms with Gasteiger partial charge in [0.25, 0.3) is 0 Å². The molecule has 3 aromatic carbocycles. The van der Waals surface area contributed by atoms with Crippen molar-refractivity contribution in [3.63, 3.8) is 0 Å². The fraction of sp³-hybridized carbons (Fsp3) is 0.286. The van der Waals surface area contributed by atoms with Crippen LogP contribution in [0, 0.1) is 5.82 Å². The molecule has 3 rings (SSSR count). The molecular weight excluding hydrogens is 493 g/mol. The van der Waals surface area contributed by atoms with E-state index in [0.717, 1.165) is 21.7 Å². The summed E-state index contributed by atoms with van der Waals surface area (Å²) in [6.07, 6.45) is 1.66. The maximum atomic E-state index is 13.5. The van der Waals surface area contributed by atoms with E-state index in [4.69, 9.17) is 0 Å². The van der Waals surface area contributed by atoms with E-state index < -0.39 is 21.9 Å². The molecule has 0 aliphatic carbocycles. The molecule has 0 fully saturated rings. The van der Waals surface area contributed by atoms with Gasteiger partial charge in [0.15, 0.2) is 0 Å². The predicted molar refractivity (Wildman–Crippen MR) is 143 cm³/mol. The standard InChI is InChI=1S/C28H32FN3O4S/c1-30-28(34)26(20-22-10-5-3-6-11-22)31(21-23-12-7-4-8-13-23)27(33)14-9-19-32(37(2,35)36)25-17-15-24(29)16-18-25/h3-8,10-13,15-18,26H,9,14,19-21H2,1-2H3,(H,30,34)/t26-/m0/s1. The zero-order valence-corrected chi connectivity index (χ0v) is 21.8. The Kier molecular flexibility index (Phi) is 9.79. The second-order valence-corrected chi connectivity index (χ2v) is 10.6. The number of hydrogen-bond donors (Lipinski definition) is 1. The minimum absolute atomic E-state index is 0.0301. The van der Waals surface area contributed by atoms with Crippen LogP contribution in [0.3, 0.4) is 0 Å². The number of nitrogens with one attached hydrogen (secondary N) is 1. The molecule has 1 atom stereocenters. The zero-order valence-electron chi connectivity index (χ0n) is 21.0. The first kappa shape index (κ1) is 27.9. The third-order valence-corrected chi connectivity index (χ3v) is 7.17. The van der Waals surface area contributed by atoms with Crippen LogP contribution in [0.15, 0.2) is 84.9 Å². The van der Waals surface area contributed by atoms with E-state index in [1.165, 1.54) is 31.3 Å². The van der Waals surface area contributed by atoms with Gasteiger partial charge in [-0.2, -0.15) is 0 Å². The molecule has 0 aliphatic rings. The Balaban J connectivity index is 1.81. The van der Waals surface area contributed by atoms with Gasteiger partial charge >= 0.3 is 0 Å². The molecule has 196 valence electrons. The first-order valence-electron chi connectivity index (χ1n) is 12.0. The summed E-state index contributed by atoms with van der Waals surface area (Å²) in [7, 11) is -2.11. The molecule has 37 heavy (non-hydrogen) atoms. The summed E-state index contributed by atoms with van der Waals surface area (Å²) in [6.45, 7) is 0.275. The Bertz CT molecular complexity index is 1270. The highest BCUT2D eigenvalue weighted by atomic mass is 32.2. The third-order valence-electron chi connectivity index (χ3n) is 5.98. The van der Waals surface area contributed by atoms with Crippen LogP contribution in [0.1, 0.15) is 24.0 Å². The number of carbonyl (C=O) groups is 2. The minimum atomic E-state index is -3.65. The van der Waals surface area contributed by atoms with E-state index in [0.29, 0.717) is 12.1 Å². The molecule has 0 aliphatic heterocycles. The van der Waals surface area contributed by atoms with Gasteiger partial charge in [-0.05, 0) is 41.8 Å². The highest BCUT2D eigenvalue weighted by Crippen LogP contribution is 2.20. The fourth-order valence-corrected chi connectivity index (χ4v) is 5.08. The quantitative estimate of drug-likeness (QED) is 0.390. The summed E-state index contributed by atoms with van der Waals surface area (Å²) < 4.78 is 39.3. The first-order chi connectivity index (χ1) is 17.7. The van der Waals surface area contributed by atoms with Gasteiger partial charge < -0.3 is 10.2 Å². The average Bonchev–Trinajstić information content (AvgIpc) is 2.89. The summed E-state index contributed by atoms with van der Waals surface area (Å²) in [5, 5.41) is 2.68. The number of carbonyl (C=O) groups excluding carboxylic acids is 2. The van der Waals surface area contributed by atoms with Gasteiger partial charge in [-0.25, -0.2) is 12.8 Å². The molecule has 0 unspecified atom stereocenters. The van der Waals surface area contributed by atoms with Crippen molar-refractivity contribution in [2.45, 2.75) is 31.8 Å². The van der Waals surface area contributed by atoms with Gasteiger partial charge in [-0.15, -0.1) is 0 Å². The monoisotopic (exact) mass is 525 g/mol. The highest BCUT2D eigenvalue weighted by molar-refractivity contribution is 7.92. The number of hydrogen-bond acceptors (Lipinski definition) is 4. The normalized spacial score (nSPS) is 12.0. The SMILES string of the molecule is CNC(=O)[C@H](Cc1ccccc1)N(Cc1ccccc1)C(=O)CCCN(c1ccc(F)cc1)S(C)(=O)=O. The third kappa shape index (κ3) is 8.15. The number of rotatable bonds is 12. The molecular formula is C28H32FN3O4S. The second-order valence-electron chi connectivity index (χ2n) is 8.74. The Morgan fingerprint density at radius 1 is 0.892 bits per heavy atom. The van der Waals surface area contributed by atoms with Crippen molar-refractivity contribution in [1.29, 1.82) is 0 Å². The molecule has 0 aromatic heterocycles. The van der Waals surface area contributed by atoms with E-state index in [1.54, 1.807) is 4.90 Å². The molecule has 3 aromatic rings. The highest BCUT2D eigenvalue weighted by Gasteiger charge is 2.30. The Morgan fingerprint density at radius 2 is 1.46 bits per heavy atom. The number of anilines is 1. The smallest absolute Gasteiger partial charge is 0.242 e. The first-order valence-corrected chi connectivity index (χ1v) is 13.9. The van der Waals surface area contributed by atoms with Crippen molar-refractivity contribution in [1.82, 2.24) is 10.2 Å². The lowest BCUT2D eigenvalue weighted by molar-refractivity contribution is -0.141. The van der Waals surface area contributed by atoms with Crippen molar-refractivity contribution >= 4 is 27.5 Å².